The van der Waals surface area contributed by atoms with Crippen molar-refractivity contribution in [3.63, 3.8) is 0 Å². The second kappa shape index (κ2) is 7.69. The van der Waals surface area contributed by atoms with Crippen molar-refractivity contribution in [2.45, 2.75) is 12.6 Å². The number of hydrogen-bond donors (Lipinski definition) is 2. The maximum absolute atomic E-state index is 12.6. The minimum atomic E-state index is -4.51. The summed E-state index contributed by atoms with van der Waals surface area (Å²) in [4.78, 5) is 23.6. The molecule has 0 atom stereocenters. The van der Waals surface area contributed by atoms with Crippen LogP contribution >= 0.6 is 0 Å². The van der Waals surface area contributed by atoms with Gasteiger partial charge in [-0.2, -0.15) is 13.2 Å². The summed E-state index contributed by atoms with van der Waals surface area (Å²) in [5.41, 5.74) is -0.442. The van der Waals surface area contributed by atoms with E-state index in [1.54, 1.807) is 24.3 Å². The number of amides is 2. The van der Waals surface area contributed by atoms with Crippen molar-refractivity contribution in [2.24, 2.45) is 0 Å². The molecule has 0 spiro atoms. The molecule has 2 amide bonds. The third-order valence-electron chi connectivity index (χ3n) is 3.17. The van der Waals surface area contributed by atoms with Crippen LogP contribution < -0.4 is 15.4 Å². The van der Waals surface area contributed by atoms with Gasteiger partial charge >= 0.3 is 6.18 Å². The fourth-order valence-corrected chi connectivity index (χ4v) is 2.00. The van der Waals surface area contributed by atoms with Crippen molar-refractivity contribution in [3.05, 3.63) is 54.1 Å². The van der Waals surface area contributed by atoms with Crippen LogP contribution in [0.5, 0.6) is 5.75 Å². The molecular weight excluding hydrogens is 337 g/mol. The summed E-state index contributed by atoms with van der Waals surface area (Å²) in [6.07, 6.45) is -5.03. The predicted molar refractivity (Wildman–Crippen MR) is 86.3 cm³/mol. The highest BCUT2D eigenvalue weighted by Crippen LogP contribution is 2.30. The van der Waals surface area contributed by atoms with Gasteiger partial charge in [0, 0.05) is 11.4 Å². The van der Waals surface area contributed by atoms with Gasteiger partial charge in [0.25, 0.3) is 0 Å². The monoisotopic (exact) mass is 352 g/mol. The van der Waals surface area contributed by atoms with Crippen molar-refractivity contribution in [1.82, 2.24) is 0 Å². The number of anilines is 2. The number of methoxy groups -OCH3 is 1. The van der Waals surface area contributed by atoms with E-state index in [2.05, 4.69) is 10.6 Å². The topological polar surface area (TPSA) is 67.4 Å². The van der Waals surface area contributed by atoms with E-state index in [1.807, 2.05) is 0 Å². The molecule has 5 nitrogen and oxygen atoms in total. The molecule has 0 saturated carbocycles. The molecule has 0 fully saturated rings. The molecule has 0 radical (unpaired) electrons. The standard InChI is InChI=1S/C17H15F3N2O3/c1-25-14-7-5-12(6-8-14)21-15(23)10-16(24)22-13-4-2-3-11(9-13)17(18,19)20/h2-9H,10H2,1H3,(H,21,23)(H,22,24). The Morgan fingerprint density at radius 2 is 1.56 bits per heavy atom. The number of alkyl halides is 3. The number of carbonyl (C=O) groups excluding carboxylic acids is 2. The van der Waals surface area contributed by atoms with Crippen molar-refractivity contribution in [3.8, 4) is 5.75 Å². The first-order chi connectivity index (χ1) is 11.8. The second-order valence-electron chi connectivity index (χ2n) is 5.08. The summed E-state index contributed by atoms with van der Waals surface area (Å²) < 4.78 is 42.9. The van der Waals surface area contributed by atoms with E-state index < -0.39 is 30.0 Å². The Morgan fingerprint density at radius 3 is 2.12 bits per heavy atom. The van der Waals surface area contributed by atoms with Crippen molar-refractivity contribution < 1.29 is 27.5 Å². The Bertz CT molecular complexity index is 758. The van der Waals surface area contributed by atoms with E-state index in [0.717, 1.165) is 12.1 Å². The van der Waals surface area contributed by atoms with Crippen LogP contribution in [0.2, 0.25) is 0 Å². The molecular formula is C17H15F3N2O3. The molecule has 0 aromatic heterocycles. The highest BCUT2D eigenvalue weighted by atomic mass is 19.4. The maximum Gasteiger partial charge on any atom is 0.416 e. The van der Waals surface area contributed by atoms with Gasteiger partial charge in [-0.15, -0.1) is 0 Å². The third-order valence-corrected chi connectivity index (χ3v) is 3.17. The van der Waals surface area contributed by atoms with E-state index >= 15 is 0 Å². The van der Waals surface area contributed by atoms with E-state index in [4.69, 9.17) is 4.74 Å². The van der Waals surface area contributed by atoms with Gasteiger partial charge in [-0.3, -0.25) is 9.59 Å². The molecule has 0 bridgehead atoms. The number of halogens is 3. The second-order valence-corrected chi connectivity index (χ2v) is 5.08. The molecule has 0 aliphatic carbocycles. The first kappa shape index (κ1) is 18.3. The van der Waals surface area contributed by atoms with Crippen LogP contribution in [0.1, 0.15) is 12.0 Å². The molecule has 2 rings (SSSR count). The minimum Gasteiger partial charge on any atom is -0.497 e. The van der Waals surface area contributed by atoms with Gasteiger partial charge in [-0.25, -0.2) is 0 Å². The lowest BCUT2D eigenvalue weighted by Crippen LogP contribution is -2.21. The zero-order chi connectivity index (χ0) is 18.4. The SMILES string of the molecule is COc1ccc(NC(=O)CC(=O)Nc2cccc(C(F)(F)F)c2)cc1. The number of hydrogen-bond acceptors (Lipinski definition) is 3. The molecule has 0 unspecified atom stereocenters. The molecule has 132 valence electrons. The zero-order valence-electron chi connectivity index (χ0n) is 13.2. The largest absolute Gasteiger partial charge is 0.497 e. The first-order valence-corrected chi connectivity index (χ1v) is 7.19. The molecule has 2 aromatic carbocycles. The van der Waals surface area contributed by atoms with Crippen LogP contribution in [-0.2, 0) is 15.8 Å². The Morgan fingerprint density at radius 1 is 0.960 bits per heavy atom. The highest BCUT2D eigenvalue weighted by Gasteiger charge is 2.30. The lowest BCUT2D eigenvalue weighted by Gasteiger charge is -2.10. The normalized spacial score (nSPS) is 10.9. The van der Waals surface area contributed by atoms with Crippen molar-refractivity contribution >= 4 is 23.2 Å². The van der Waals surface area contributed by atoms with Crippen molar-refractivity contribution in [1.29, 1.82) is 0 Å². The van der Waals surface area contributed by atoms with Gasteiger partial charge < -0.3 is 15.4 Å². The molecule has 0 aliphatic rings. The fourth-order valence-electron chi connectivity index (χ4n) is 2.00. The van der Waals surface area contributed by atoms with Crippen LogP contribution in [-0.4, -0.2) is 18.9 Å². The van der Waals surface area contributed by atoms with Gasteiger partial charge in [0.2, 0.25) is 11.8 Å². The van der Waals surface area contributed by atoms with Gasteiger partial charge in [-0.1, -0.05) is 6.07 Å². The van der Waals surface area contributed by atoms with E-state index in [-0.39, 0.29) is 5.69 Å². The summed E-state index contributed by atoms with van der Waals surface area (Å²) in [5, 5.41) is 4.78. The number of nitrogens with one attached hydrogen (secondary N) is 2. The lowest BCUT2D eigenvalue weighted by atomic mass is 10.2. The Balaban J connectivity index is 1.92. The number of carbonyl (C=O) groups is 2. The van der Waals surface area contributed by atoms with Crippen LogP contribution in [0.3, 0.4) is 0 Å². The van der Waals surface area contributed by atoms with Gasteiger partial charge in [0.05, 0.1) is 12.7 Å². The predicted octanol–water partition coefficient (Wildman–Crippen LogP) is 3.68. The third kappa shape index (κ3) is 5.52. The summed E-state index contributed by atoms with van der Waals surface area (Å²) in [5.74, 6) is -0.694. The van der Waals surface area contributed by atoms with Gasteiger partial charge in [0.1, 0.15) is 12.2 Å². The fraction of sp³-hybridized carbons (Fsp3) is 0.176. The smallest absolute Gasteiger partial charge is 0.416 e. The molecule has 0 aliphatic heterocycles. The Labute approximate surface area is 141 Å². The molecule has 0 saturated heterocycles. The average molecular weight is 352 g/mol. The number of ether oxygens (including phenoxy) is 1. The van der Waals surface area contributed by atoms with Crippen LogP contribution in [0.4, 0.5) is 24.5 Å². The molecule has 0 heterocycles. The summed E-state index contributed by atoms with van der Waals surface area (Å²) in [6, 6.07) is 10.7. The van der Waals surface area contributed by atoms with Gasteiger partial charge in [-0.05, 0) is 42.5 Å². The number of rotatable bonds is 5. The maximum atomic E-state index is 12.6. The van der Waals surface area contributed by atoms with E-state index in [9.17, 15) is 22.8 Å². The molecule has 2 aromatic rings. The summed E-state index contributed by atoms with van der Waals surface area (Å²) in [7, 11) is 1.51. The Hall–Kier alpha value is -3.03. The van der Waals surface area contributed by atoms with E-state index in [0.29, 0.717) is 11.4 Å². The Kier molecular flexibility index (Phi) is 5.63. The molecule has 2 N–H and O–H groups in total. The molecule has 25 heavy (non-hydrogen) atoms. The van der Waals surface area contributed by atoms with Crippen LogP contribution in [0, 0.1) is 0 Å². The summed E-state index contributed by atoms with van der Waals surface area (Å²) >= 11 is 0. The van der Waals surface area contributed by atoms with Crippen molar-refractivity contribution in [2.75, 3.05) is 17.7 Å². The first-order valence-electron chi connectivity index (χ1n) is 7.19. The minimum absolute atomic E-state index is 0.0305. The zero-order valence-corrected chi connectivity index (χ0v) is 13.2. The van der Waals surface area contributed by atoms with Crippen LogP contribution in [0.15, 0.2) is 48.5 Å². The van der Waals surface area contributed by atoms with Crippen LogP contribution in [0.25, 0.3) is 0 Å². The molecule has 8 heteroatoms. The lowest BCUT2D eigenvalue weighted by molar-refractivity contribution is -0.137. The average Bonchev–Trinajstić information content (AvgIpc) is 2.54. The number of benzene rings is 2. The quantitative estimate of drug-likeness (QED) is 0.807. The highest BCUT2D eigenvalue weighted by molar-refractivity contribution is 6.08. The van der Waals surface area contributed by atoms with E-state index in [1.165, 1.54) is 19.2 Å². The van der Waals surface area contributed by atoms with Gasteiger partial charge in [0.15, 0.2) is 0 Å². The summed E-state index contributed by atoms with van der Waals surface area (Å²) in [6.45, 7) is 0.